The van der Waals surface area contributed by atoms with Crippen molar-refractivity contribution in [1.82, 2.24) is 24.5 Å². The van der Waals surface area contributed by atoms with Gasteiger partial charge in [0.15, 0.2) is 11.6 Å². The lowest BCUT2D eigenvalue weighted by Crippen LogP contribution is -2.35. The van der Waals surface area contributed by atoms with Crippen LogP contribution in [0.2, 0.25) is 0 Å². The predicted molar refractivity (Wildman–Crippen MR) is 106 cm³/mol. The van der Waals surface area contributed by atoms with Crippen LogP contribution in [-0.4, -0.2) is 51.7 Å². The summed E-state index contributed by atoms with van der Waals surface area (Å²) in [5.74, 6) is 3.53. The minimum Gasteiger partial charge on any atom is -0.360 e. The molecule has 7 heteroatoms. The number of pyridine rings is 1. The van der Waals surface area contributed by atoms with E-state index in [1.54, 1.807) is 12.4 Å². The minimum absolute atomic E-state index is 0.465. The van der Waals surface area contributed by atoms with Crippen LogP contribution in [0.4, 0.5) is 11.6 Å². The highest BCUT2D eigenvalue weighted by Gasteiger charge is 2.26. The number of aromatic nitrogens is 5. The Morgan fingerprint density at radius 2 is 1.85 bits per heavy atom. The average Bonchev–Trinajstić information content (AvgIpc) is 3.17. The quantitative estimate of drug-likeness (QED) is 0.694. The van der Waals surface area contributed by atoms with Crippen LogP contribution in [0.1, 0.15) is 30.1 Å². The lowest BCUT2D eigenvalue weighted by Gasteiger charge is -2.34. The number of hydrogen-bond acceptors (Lipinski definition) is 6. The molecule has 1 aliphatic heterocycles. The van der Waals surface area contributed by atoms with E-state index in [4.69, 9.17) is 0 Å². The molecule has 3 aromatic heterocycles. The van der Waals surface area contributed by atoms with Gasteiger partial charge in [-0.25, -0.2) is 15.0 Å². The minimum atomic E-state index is 0.465. The molecule has 7 nitrogen and oxygen atoms in total. The van der Waals surface area contributed by atoms with E-state index in [-0.39, 0.29) is 0 Å². The molecule has 4 heterocycles. The van der Waals surface area contributed by atoms with E-state index < -0.39 is 0 Å². The summed E-state index contributed by atoms with van der Waals surface area (Å²) in [6.07, 6.45) is 13.4. The van der Waals surface area contributed by atoms with Gasteiger partial charge >= 0.3 is 0 Å². The molecule has 4 rings (SSSR count). The average molecular weight is 363 g/mol. The molecule has 140 valence electrons. The monoisotopic (exact) mass is 363 g/mol. The Hall–Kier alpha value is -2.96. The predicted octanol–water partition coefficient (Wildman–Crippen LogP) is 2.57. The second-order valence-electron chi connectivity index (χ2n) is 7.13. The Morgan fingerprint density at radius 1 is 1.04 bits per heavy atom. The Bertz CT molecular complexity index is 867. The van der Waals surface area contributed by atoms with E-state index in [1.165, 1.54) is 11.4 Å². The molecule has 3 aromatic rings. The standard InChI is InChI=1S/C20H25N7/c1-25(2)19-20(23-9-8-22-19)26-11-5-17(6-12-26)18-24-10-13-27(18)15-16-4-3-7-21-14-16/h3-4,7-10,13-14,17H,5-6,11-12,15H2,1-2H3. The van der Waals surface area contributed by atoms with Gasteiger partial charge in [0.25, 0.3) is 0 Å². The summed E-state index contributed by atoms with van der Waals surface area (Å²) in [5, 5.41) is 0. The molecule has 0 aromatic carbocycles. The van der Waals surface area contributed by atoms with Crippen molar-refractivity contribution in [3.8, 4) is 0 Å². The van der Waals surface area contributed by atoms with Gasteiger partial charge in [0.05, 0.1) is 6.54 Å². The molecular formula is C20H25N7. The second-order valence-corrected chi connectivity index (χ2v) is 7.13. The molecule has 1 aliphatic rings. The highest BCUT2D eigenvalue weighted by atomic mass is 15.3. The molecule has 0 bridgehead atoms. The Balaban J connectivity index is 1.46. The number of nitrogens with zero attached hydrogens (tertiary/aromatic N) is 7. The summed E-state index contributed by atoms with van der Waals surface area (Å²) in [6, 6.07) is 4.09. The van der Waals surface area contributed by atoms with Gasteiger partial charge in [0.1, 0.15) is 5.82 Å². The van der Waals surface area contributed by atoms with Crippen molar-refractivity contribution in [2.75, 3.05) is 37.0 Å². The van der Waals surface area contributed by atoms with Crippen LogP contribution < -0.4 is 9.80 Å². The smallest absolute Gasteiger partial charge is 0.171 e. The van der Waals surface area contributed by atoms with E-state index in [0.717, 1.165) is 44.1 Å². The van der Waals surface area contributed by atoms with Gasteiger partial charge in [-0.15, -0.1) is 0 Å². The third kappa shape index (κ3) is 3.77. The Morgan fingerprint density at radius 3 is 2.59 bits per heavy atom. The van der Waals surface area contributed by atoms with Crippen LogP contribution in [0, 0.1) is 0 Å². The zero-order valence-corrected chi connectivity index (χ0v) is 15.9. The lowest BCUT2D eigenvalue weighted by atomic mass is 9.95. The van der Waals surface area contributed by atoms with E-state index in [2.05, 4.69) is 41.7 Å². The molecule has 27 heavy (non-hydrogen) atoms. The fourth-order valence-electron chi connectivity index (χ4n) is 3.71. The van der Waals surface area contributed by atoms with Crippen molar-refractivity contribution in [2.24, 2.45) is 0 Å². The fraction of sp³-hybridized carbons (Fsp3) is 0.400. The Labute approximate surface area is 159 Å². The summed E-state index contributed by atoms with van der Waals surface area (Å²) in [7, 11) is 4.02. The summed E-state index contributed by atoms with van der Waals surface area (Å²) >= 11 is 0. The lowest BCUT2D eigenvalue weighted by molar-refractivity contribution is 0.468. The SMILES string of the molecule is CN(C)c1nccnc1N1CCC(c2nccn2Cc2cccnc2)CC1. The normalized spacial score (nSPS) is 15.1. The van der Waals surface area contributed by atoms with Crippen LogP contribution in [0.5, 0.6) is 0 Å². The van der Waals surface area contributed by atoms with E-state index in [0.29, 0.717) is 5.92 Å². The number of hydrogen-bond donors (Lipinski definition) is 0. The largest absolute Gasteiger partial charge is 0.360 e. The van der Waals surface area contributed by atoms with Crippen LogP contribution >= 0.6 is 0 Å². The first kappa shape index (κ1) is 17.5. The van der Waals surface area contributed by atoms with E-state index in [1.807, 2.05) is 43.7 Å². The maximum absolute atomic E-state index is 4.67. The zero-order valence-electron chi connectivity index (χ0n) is 15.9. The Kier molecular flexibility index (Phi) is 5.00. The topological polar surface area (TPSA) is 63.0 Å². The molecule has 1 saturated heterocycles. The molecule has 0 amide bonds. The van der Waals surface area contributed by atoms with Gasteiger partial charge in [-0.1, -0.05) is 6.07 Å². The molecule has 0 atom stereocenters. The van der Waals surface area contributed by atoms with Gasteiger partial charge < -0.3 is 14.4 Å². The van der Waals surface area contributed by atoms with Gasteiger partial charge in [0.2, 0.25) is 0 Å². The highest BCUT2D eigenvalue weighted by molar-refractivity contribution is 5.61. The van der Waals surface area contributed by atoms with Crippen LogP contribution in [0.15, 0.2) is 49.3 Å². The first-order valence-electron chi connectivity index (χ1n) is 9.35. The van der Waals surface area contributed by atoms with Gasteiger partial charge in [0, 0.05) is 70.3 Å². The number of rotatable bonds is 5. The summed E-state index contributed by atoms with van der Waals surface area (Å²) in [5.41, 5.74) is 1.20. The van der Waals surface area contributed by atoms with Gasteiger partial charge in [-0.05, 0) is 24.5 Å². The van der Waals surface area contributed by atoms with Gasteiger partial charge in [-0.2, -0.15) is 0 Å². The van der Waals surface area contributed by atoms with Gasteiger partial charge in [-0.3, -0.25) is 4.98 Å². The maximum Gasteiger partial charge on any atom is 0.171 e. The molecule has 0 spiro atoms. The van der Waals surface area contributed by atoms with Crippen LogP contribution in [0.3, 0.4) is 0 Å². The molecule has 0 aliphatic carbocycles. The molecule has 0 unspecified atom stereocenters. The summed E-state index contributed by atoms with van der Waals surface area (Å²) in [6.45, 7) is 2.74. The molecule has 0 radical (unpaired) electrons. The van der Waals surface area contributed by atoms with Crippen molar-refractivity contribution in [3.05, 3.63) is 60.7 Å². The van der Waals surface area contributed by atoms with Crippen molar-refractivity contribution in [2.45, 2.75) is 25.3 Å². The third-order valence-electron chi connectivity index (χ3n) is 5.07. The van der Waals surface area contributed by atoms with E-state index in [9.17, 15) is 0 Å². The fourth-order valence-corrected chi connectivity index (χ4v) is 3.71. The number of anilines is 2. The third-order valence-corrected chi connectivity index (χ3v) is 5.07. The van der Waals surface area contributed by atoms with Crippen molar-refractivity contribution in [1.29, 1.82) is 0 Å². The molecule has 1 fully saturated rings. The number of piperidine rings is 1. The maximum atomic E-state index is 4.67. The summed E-state index contributed by atoms with van der Waals surface area (Å²) < 4.78 is 2.25. The van der Waals surface area contributed by atoms with E-state index >= 15 is 0 Å². The molecule has 0 N–H and O–H groups in total. The van der Waals surface area contributed by atoms with Crippen molar-refractivity contribution >= 4 is 11.6 Å². The highest BCUT2D eigenvalue weighted by Crippen LogP contribution is 2.31. The van der Waals surface area contributed by atoms with Crippen LogP contribution in [0.25, 0.3) is 0 Å². The zero-order chi connectivity index (χ0) is 18.6. The number of imidazole rings is 1. The first-order chi connectivity index (χ1) is 13.2. The molecular weight excluding hydrogens is 338 g/mol. The first-order valence-corrected chi connectivity index (χ1v) is 9.35. The summed E-state index contributed by atoms with van der Waals surface area (Å²) in [4.78, 5) is 22.3. The second kappa shape index (κ2) is 7.73. The molecule has 0 saturated carbocycles. The van der Waals surface area contributed by atoms with Crippen molar-refractivity contribution < 1.29 is 0 Å². The van der Waals surface area contributed by atoms with Crippen LogP contribution in [-0.2, 0) is 6.54 Å². The van der Waals surface area contributed by atoms with Crippen molar-refractivity contribution in [3.63, 3.8) is 0 Å².